The minimum Gasteiger partial charge on any atom is -0.458 e. The molecule has 4 saturated carbocycles. The monoisotopic (exact) mass is 445 g/mol. The largest absolute Gasteiger partial charge is 0.458 e. The summed E-state index contributed by atoms with van der Waals surface area (Å²) in [7, 11) is 0. The standard InChI is InChI=1S/C26H39NO5/c1-14-7-8-19-22-20(10-12-25(14,19)5)26(6)11-9-18(27-15(2)28)13-21(26)23(31-16(3)29)24(22)32-17(4)30/h18-24H,1,7-13H2,2-6H3,(H,27,28). The van der Waals surface area contributed by atoms with Gasteiger partial charge in [0.15, 0.2) is 0 Å². The molecule has 0 saturated heterocycles. The fourth-order valence-electron chi connectivity index (χ4n) is 8.21. The van der Waals surface area contributed by atoms with E-state index in [1.165, 1.54) is 19.4 Å². The van der Waals surface area contributed by atoms with Gasteiger partial charge in [0.1, 0.15) is 12.2 Å². The van der Waals surface area contributed by atoms with Gasteiger partial charge in [-0.2, -0.15) is 0 Å². The van der Waals surface area contributed by atoms with Crippen LogP contribution >= 0.6 is 0 Å². The van der Waals surface area contributed by atoms with Crippen molar-refractivity contribution in [2.24, 2.45) is 34.5 Å². The lowest BCUT2D eigenvalue weighted by Gasteiger charge is -2.64. The van der Waals surface area contributed by atoms with E-state index in [-0.39, 0.29) is 46.6 Å². The van der Waals surface area contributed by atoms with Crippen LogP contribution in [0.1, 0.15) is 79.6 Å². The number of carbonyl (C=O) groups excluding carboxylic acids is 3. The molecule has 178 valence electrons. The van der Waals surface area contributed by atoms with E-state index < -0.39 is 12.2 Å². The molecule has 4 rings (SSSR count). The molecule has 0 spiro atoms. The van der Waals surface area contributed by atoms with Crippen LogP contribution in [0.5, 0.6) is 0 Å². The number of ether oxygens (including phenoxy) is 2. The van der Waals surface area contributed by atoms with Crippen molar-refractivity contribution in [1.29, 1.82) is 0 Å². The molecule has 9 unspecified atom stereocenters. The summed E-state index contributed by atoms with van der Waals surface area (Å²) in [4.78, 5) is 36.3. The summed E-state index contributed by atoms with van der Waals surface area (Å²) in [5, 5.41) is 3.08. The van der Waals surface area contributed by atoms with Gasteiger partial charge in [0.05, 0.1) is 0 Å². The highest BCUT2D eigenvalue weighted by Crippen LogP contribution is 2.67. The van der Waals surface area contributed by atoms with Gasteiger partial charge in [-0.1, -0.05) is 26.0 Å². The van der Waals surface area contributed by atoms with Crippen molar-refractivity contribution in [1.82, 2.24) is 5.32 Å². The molecule has 1 N–H and O–H groups in total. The van der Waals surface area contributed by atoms with E-state index in [1.807, 2.05) is 0 Å². The van der Waals surface area contributed by atoms with Crippen molar-refractivity contribution in [3.8, 4) is 0 Å². The topological polar surface area (TPSA) is 81.7 Å². The summed E-state index contributed by atoms with van der Waals surface area (Å²) in [5.74, 6) is 0.256. The van der Waals surface area contributed by atoms with Gasteiger partial charge >= 0.3 is 11.9 Å². The lowest BCUT2D eigenvalue weighted by Crippen LogP contribution is -2.66. The van der Waals surface area contributed by atoms with Crippen LogP contribution in [0.25, 0.3) is 0 Å². The molecule has 9 atom stereocenters. The van der Waals surface area contributed by atoms with Gasteiger partial charge in [-0.25, -0.2) is 0 Å². The second kappa shape index (κ2) is 8.18. The molecule has 0 aliphatic heterocycles. The molecule has 32 heavy (non-hydrogen) atoms. The number of esters is 2. The van der Waals surface area contributed by atoms with E-state index in [2.05, 4.69) is 25.7 Å². The van der Waals surface area contributed by atoms with Gasteiger partial charge in [0.2, 0.25) is 5.91 Å². The smallest absolute Gasteiger partial charge is 0.303 e. The first kappa shape index (κ1) is 23.3. The van der Waals surface area contributed by atoms with Crippen molar-refractivity contribution in [3.05, 3.63) is 12.2 Å². The predicted molar refractivity (Wildman–Crippen MR) is 120 cm³/mol. The van der Waals surface area contributed by atoms with Crippen LogP contribution in [0.4, 0.5) is 0 Å². The Morgan fingerprint density at radius 2 is 1.56 bits per heavy atom. The predicted octanol–water partition coefficient (Wildman–Crippen LogP) is 4.17. The first-order valence-electron chi connectivity index (χ1n) is 12.3. The maximum Gasteiger partial charge on any atom is 0.303 e. The number of hydrogen-bond acceptors (Lipinski definition) is 5. The summed E-state index contributed by atoms with van der Waals surface area (Å²) in [5.41, 5.74) is 1.34. The molecule has 6 heteroatoms. The normalized spacial score (nSPS) is 45.2. The van der Waals surface area contributed by atoms with Gasteiger partial charge in [-0.05, 0) is 67.6 Å². The molecule has 1 amide bonds. The van der Waals surface area contributed by atoms with Crippen LogP contribution in [0, 0.1) is 34.5 Å². The van der Waals surface area contributed by atoms with Gasteiger partial charge < -0.3 is 14.8 Å². The maximum atomic E-state index is 12.3. The molecule has 0 aromatic heterocycles. The fourth-order valence-corrected chi connectivity index (χ4v) is 8.21. The van der Waals surface area contributed by atoms with Crippen molar-refractivity contribution >= 4 is 17.8 Å². The van der Waals surface area contributed by atoms with Gasteiger partial charge in [-0.15, -0.1) is 0 Å². The van der Waals surface area contributed by atoms with Crippen LogP contribution in [0.15, 0.2) is 12.2 Å². The molecule has 6 nitrogen and oxygen atoms in total. The number of fused-ring (bicyclic) bond motifs is 5. The molecular formula is C26H39NO5. The third-order valence-electron chi connectivity index (χ3n) is 9.66. The highest BCUT2D eigenvalue weighted by atomic mass is 16.6. The molecule has 0 aromatic rings. The second-order valence-electron chi connectivity index (χ2n) is 11.3. The Kier molecular flexibility index (Phi) is 5.96. The average molecular weight is 446 g/mol. The van der Waals surface area contributed by atoms with Crippen LogP contribution < -0.4 is 5.32 Å². The van der Waals surface area contributed by atoms with Gasteiger partial charge in [0.25, 0.3) is 0 Å². The zero-order valence-electron chi connectivity index (χ0n) is 20.2. The van der Waals surface area contributed by atoms with E-state index >= 15 is 0 Å². The summed E-state index contributed by atoms with van der Waals surface area (Å²) in [6, 6.07) is 0.0540. The Morgan fingerprint density at radius 1 is 0.906 bits per heavy atom. The SMILES string of the molecule is C=C1CCC2C3C(OC(C)=O)C(OC(C)=O)C4CC(NC(C)=O)CCC4(C)C3CCC12C. The number of allylic oxidation sites excluding steroid dienone is 1. The lowest BCUT2D eigenvalue weighted by molar-refractivity contribution is -0.233. The van der Waals surface area contributed by atoms with E-state index in [0.29, 0.717) is 11.8 Å². The highest BCUT2D eigenvalue weighted by molar-refractivity contribution is 5.73. The molecular weight excluding hydrogens is 406 g/mol. The summed E-state index contributed by atoms with van der Waals surface area (Å²) >= 11 is 0. The molecule has 4 fully saturated rings. The van der Waals surface area contributed by atoms with Crippen molar-refractivity contribution in [2.45, 2.75) is 97.8 Å². The van der Waals surface area contributed by atoms with Crippen molar-refractivity contribution in [2.75, 3.05) is 0 Å². The molecule has 4 aliphatic rings. The molecule has 4 aliphatic carbocycles. The second-order valence-corrected chi connectivity index (χ2v) is 11.3. The van der Waals surface area contributed by atoms with Crippen LogP contribution in [0.3, 0.4) is 0 Å². The number of amides is 1. The minimum atomic E-state index is -0.490. The fraction of sp³-hybridized carbons (Fsp3) is 0.808. The third-order valence-corrected chi connectivity index (χ3v) is 9.66. The average Bonchev–Trinajstić information content (AvgIpc) is 2.99. The summed E-state index contributed by atoms with van der Waals surface area (Å²) < 4.78 is 12.0. The quantitative estimate of drug-likeness (QED) is 0.521. The number of hydrogen-bond donors (Lipinski definition) is 1. The Morgan fingerprint density at radius 3 is 2.19 bits per heavy atom. The van der Waals surface area contributed by atoms with Gasteiger partial charge in [-0.3, -0.25) is 14.4 Å². The molecule has 0 radical (unpaired) electrons. The first-order valence-corrected chi connectivity index (χ1v) is 12.3. The van der Waals surface area contributed by atoms with Gasteiger partial charge in [0, 0.05) is 38.6 Å². The minimum absolute atomic E-state index is 0.0261. The molecule has 0 bridgehead atoms. The van der Waals surface area contributed by atoms with Crippen LogP contribution in [-0.4, -0.2) is 36.1 Å². The zero-order valence-corrected chi connectivity index (χ0v) is 20.2. The molecule has 0 aromatic carbocycles. The van der Waals surface area contributed by atoms with Crippen LogP contribution in [-0.2, 0) is 23.9 Å². The Balaban J connectivity index is 1.78. The van der Waals surface area contributed by atoms with Crippen LogP contribution in [0.2, 0.25) is 0 Å². The van der Waals surface area contributed by atoms with E-state index in [1.54, 1.807) is 6.92 Å². The summed E-state index contributed by atoms with van der Waals surface area (Å²) in [6.45, 7) is 13.5. The first-order chi connectivity index (χ1) is 15.0. The van der Waals surface area contributed by atoms with Crippen molar-refractivity contribution < 1.29 is 23.9 Å². The van der Waals surface area contributed by atoms with E-state index in [0.717, 1.165) is 44.9 Å². The third kappa shape index (κ3) is 3.67. The number of carbonyl (C=O) groups is 3. The Hall–Kier alpha value is -1.85. The Labute approximate surface area is 191 Å². The van der Waals surface area contributed by atoms with E-state index in [9.17, 15) is 14.4 Å². The molecule has 0 heterocycles. The number of nitrogens with one attached hydrogen (secondary N) is 1. The lowest BCUT2D eigenvalue weighted by atomic mass is 9.43. The van der Waals surface area contributed by atoms with Crippen molar-refractivity contribution in [3.63, 3.8) is 0 Å². The number of rotatable bonds is 3. The van der Waals surface area contributed by atoms with E-state index in [4.69, 9.17) is 9.47 Å². The highest BCUT2D eigenvalue weighted by Gasteiger charge is 2.66. The summed E-state index contributed by atoms with van der Waals surface area (Å²) in [6.07, 6.45) is 5.94. The maximum absolute atomic E-state index is 12.3. The Bertz CT molecular complexity index is 823. The zero-order chi connectivity index (χ0) is 23.4.